The van der Waals surface area contributed by atoms with Crippen LogP contribution in [0.4, 0.5) is 0 Å². The van der Waals surface area contributed by atoms with E-state index in [9.17, 15) is 4.79 Å². The van der Waals surface area contributed by atoms with Crippen LogP contribution in [0.25, 0.3) is 0 Å². The summed E-state index contributed by atoms with van der Waals surface area (Å²) in [6, 6.07) is 7.59. The molecule has 1 rings (SSSR count). The largest absolute Gasteiger partial charge is 0.482 e. The maximum Gasteiger partial charge on any atom is 0.258 e. The van der Waals surface area contributed by atoms with Crippen LogP contribution in [0, 0.1) is 11.3 Å². The Morgan fingerprint density at radius 3 is 2.76 bits per heavy atom. The van der Waals surface area contributed by atoms with Gasteiger partial charge in [-0.2, -0.15) is 5.26 Å². The van der Waals surface area contributed by atoms with Crippen molar-refractivity contribution in [1.29, 1.82) is 5.26 Å². The molecule has 0 unspecified atom stereocenters. The fraction of sp³-hybridized carbons (Fsp3) is 0.467. The summed E-state index contributed by atoms with van der Waals surface area (Å²) in [5, 5.41) is 14.2. The van der Waals surface area contributed by atoms with Crippen molar-refractivity contribution in [2.45, 2.75) is 32.9 Å². The van der Waals surface area contributed by atoms with E-state index in [4.69, 9.17) is 10.00 Å². The molecule has 21 heavy (non-hydrogen) atoms. The molecule has 0 spiro atoms. The van der Waals surface area contributed by atoms with Gasteiger partial charge in [0, 0.05) is 17.6 Å². The highest BCUT2D eigenvalue weighted by Crippen LogP contribution is 2.29. The summed E-state index contributed by atoms with van der Waals surface area (Å²) < 4.78 is 6.38. The van der Waals surface area contributed by atoms with Gasteiger partial charge in [-0.25, -0.2) is 0 Å². The zero-order chi connectivity index (χ0) is 15.9. The first-order valence-corrected chi connectivity index (χ1v) is 7.41. The van der Waals surface area contributed by atoms with E-state index in [1.54, 1.807) is 0 Å². The van der Waals surface area contributed by atoms with Crippen molar-refractivity contribution in [3.05, 3.63) is 28.2 Å². The number of nitrogens with zero attached hydrogens (tertiary/aromatic N) is 1. The van der Waals surface area contributed by atoms with Crippen molar-refractivity contribution >= 4 is 21.8 Å². The van der Waals surface area contributed by atoms with Crippen molar-refractivity contribution in [1.82, 2.24) is 10.6 Å². The molecule has 0 atom stereocenters. The number of nitriles is 1. The van der Waals surface area contributed by atoms with Crippen molar-refractivity contribution < 1.29 is 9.53 Å². The Morgan fingerprint density at radius 1 is 1.43 bits per heavy atom. The first-order valence-electron chi connectivity index (χ1n) is 6.62. The second kappa shape index (κ2) is 8.01. The molecule has 0 aromatic heterocycles. The van der Waals surface area contributed by atoms with Gasteiger partial charge in [0.05, 0.1) is 10.5 Å². The lowest BCUT2D eigenvalue weighted by atomic mass is 10.1. The Kier molecular flexibility index (Phi) is 6.66. The van der Waals surface area contributed by atoms with E-state index < -0.39 is 0 Å². The van der Waals surface area contributed by atoms with Crippen LogP contribution in [-0.4, -0.2) is 24.6 Å². The average molecular weight is 354 g/mol. The molecular formula is C15H20BrN3O2. The molecule has 0 radical (unpaired) electrons. The maximum absolute atomic E-state index is 11.5. The minimum Gasteiger partial charge on any atom is -0.482 e. The molecule has 0 aliphatic heterocycles. The number of para-hydroxylation sites is 1. The van der Waals surface area contributed by atoms with E-state index in [0.717, 1.165) is 10.0 Å². The number of hydrogen-bond acceptors (Lipinski definition) is 4. The molecule has 0 fully saturated rings. The quantitative estimate of drug-likeness (QED) is 0.769. The minimum absolute atomic E-state index is 0.0102. The molecule has 0 saturated heterocycles. The highest BCUT2D eigenvalue weighted by molar-refractivity contribution is 9.10. The number of carbonyl (C=O) groups excluding carboxylic acids is 1. The van der Waals surface area contributed by atoms with Crippen molar-refractivity contribution in [3.63, 3.8) is 0 Å². The van der Waals surface area contributed by atoms with Gasteiger partial charge in [-0.15, -0.1) is 0 Å². The lowest BCUT2D eigenvalue weighted by Gasteiger charge is -2.22. The Balaban J connectivity index is 2.72. The van der Waals surface area contributed by atoms with Crippen LogP contribution in [-0.2, 0) is 11.3 Å². The summed E-state index contributed by atoms with van der Waals surface area (Å²) in [5.41, 5.74) is 0.955. The van der Waals surface area contributed by atoms with Gasteiger partial charge in [0.25, 0.3) is 5.91 Å². The number of hydrogen-bond donors (Lipinski definition) is 2. The molecule has 1 aromatic carbocycles. The molecule has 0 saturated carbocycles. The first kappa shape index (κ1) is 17.5. The molecule has 114 valence electrons. The van der Waals surface area contributed by atoms with Crippen LogP contribution >= 0.6 is 15.9 Å². The third kappa shape index (κ3) is 6.61. The fourth-order valence-corrected chi connectivity index (χ4v) is 2.06. The van der Waals surface area contributed by atoms with E-state index in [1.807, 2.05) is 24.3 Å². The zero-order valence-corrected chi connectivity index (χ0v) is 14.1. The Bertz CT molecular complexity index is 533. The second-order valence-corrected chi connectivity index (χ2v) is 6.41. The lowest BCUT2D eigenvalue weighted by Crippen LogP contribution is -2.35. The number of benzene rings is 1. The van der Waals surface area contributed by atoms with Gasteiger partial charge in [-0.05, 0) is 42.8 Å². The van der Waals surface area contributed by atoms with Crippen molar-refractivity contribution in [2.75, 3.05) is 13.2 Å². The summed E-state index contributed by atoms with van der Waals surface area (Å²) in [6.45, 7) is 6.75. The highest BCUT2D eigenvalue weighted by Gasteiger charge is 2.14. The molecule has 1 amide bonds. The zero-order valence-electron chi connectivity index (χ0n) is 12.5. The minimum atomic E-state index is -0.318. The van der Waals surface area contributed by atoms with Gasteiger partial charge in [0.1, 0.15) is 12.3 Å². The molecule has 2 N–H and O–H groups in total. The van der Waals surface area contributed by atoms with Gasteiger partial charge < -0.3 is 15.4 Å². The molecule has 5 nitrogen and oxygen atoms in total. The number of ether oxygens (including phenoxy) is 1. The van der Waals surface area contributed by atoms with Gasteiger partial charge >= 0.3 is 0 Å². The fourth-order valence-electron chi connectivity index (χ4n) is 1.54. The predicted molar refractivity (Wildman–Crippen MR) is 84.9 cm³/mol. The smallest absolute Gasteiger partial charge is 0.258 e. The molecule has 6 heteroatoms. The lowest BCUT2D eigenvalue weighted by molar-refractivity contribution is -0.122. The number of amides is 1. The predicted octanol–water partition coefficient (Wildman–Crippen LogP) is 2.36. The van der Waals surface area contributed by atoms with Crippen LogP contribution in [0.3, 0.4) is 0 Å². The average Bonchev–Trinajstić information content (AvgIpc) is 2.41. The summed E-state index contributed by atoms with van der Waals surface area (Å²) in [5.74, 6) is 0.323. The molecule has 0 aliphatic rings. The highest BCUT2D eigenvalue weighted by atomic mass is 79.9. The second-order valence-electron chi connectivity index (χ2n) is 5.56. The van der Waals surface area contributed by atoms with Gasteiger partial charge in [0.2, 0.25) is 0 Å². The van der Waals surface area contributed by atoms with Gasteiger partial charge in [-0.3, -0.25) is 4.79 Å². The SMILES string of the molecule is CC(C)(C)NCc1cccc(Br)c1OCC(=O)NCC#N. The number of halogens is 1. The summed E-state index contributed by atoms with van der Waals surface area (Å²) in [7, 11) is 0. The van der Waals surface area contributed by atoms with Crippen molar-refractivity contribution in [3.8, 4) is 11.8 Å². The summed E-state index contributed by atoms with van der Waals surface area (Å²) in [4.78, 5) is 11.5. The van der Waals surface area contributed by atoms with E-state index in [2.05, 4.69) is 47.3 Å². The Hall–Kier alpha value is -1.58. The van der Waals surface area contributed by atoms with Crippen LogP contribution in [0.1, 0.15) is 26.3 Å². The van der Waals surface area contributed by atoms with Crippen LogP contribution in [0.5, 0.6) is 5.75 Å². The number of nitrogens with one attached hydrogen (secondary N) is 2. The van der Waals surface area contributed by atoms with E-state index in [0.29, 0.717) is 12.3 Å². The van der Waals surface area contributed by atoms with E-state index >= 15 is 0 Å². The van der Waals surface area contributed by atoms with Crippen LogP contribution in [0.15, 0.2) is 22.7 Å². The Morgan fingerprint density at radius 2 is 2.14 bits per heavy atom. The molecule has 1 aromatic rings. The van der Waals surface area contributed by atoms with Gasteiger partial charge in [0.15, 0.2) is 6.61 Å². The van der Waals surface area contributed by atoms with Crippen molar-refractivity contribution in [2.24, 2.45) is 0 Å². The molecule has 0 aliphatic carbocycles. The molecular weight excluding hydrogens is 334 g/mol. The monoisotopic (exact) mass is 353 g/mol. The normalized spacial score (nSPS) is 10.8. The molecule has 0 heterocycles. The topological polar surface area (TPSA) is 74.2 Å². The number of carbonyl (C=O) groups is 1. The number of rotatable bonds is 6. The molecule has 0 bridgehead atoms. The standard InChI is InChI=1S/C15H20BrN3O2/c1-15(2,3)19-9-11-5-4-6-12(16)14(11)21-10-13(20)18-8-7-17/h4-6,19H,8-10H2,1-3H3,(H,18,20). The first-order chi connectivity index (χ1) is 9.83. The van der Waals surface area contributed by atoms with E-state index in [1.165, 1.54) is 0 Å². The Labute approximate surface area is 133 Å². The summed E-state index contributed by atoms with van der Waals surface area (Å²) >= 11 is 3.43. The third-order valence-corrected chi connectivity index (χ3v) is 3.19. The van der Waals surface area contributed by atoms with Crippen LogP contribution < -0.4 is 15.4 Å². The van der Waals surface area contributed by atoms with Gasteiger partial charge in [-0.1, -0.05) is 12.1 Å². The van der Waals surface area contributed by atoms with E-state index in [-0.39, 0.29) is 24.6 Å². The van der Waals surface area contributed by atoms with Crippen LogP contribution in [0.2, 0.25) is 0 Å². The summed E-state index contributed by atoms with van der Waals surface area (Å²) in [6.07, 6.45) is 0. The maximum atomic E-state index is 11.5. The third-order valence-electron chi connectivity index (χ3n) is 2.57.